The summed E-state index contributed by atoms with van der Waals surface area (Å²) in [4.78, 5) is 54.1. The number of hydrazine groups is 2. The molecule has 4 amide bonds. The van der Waals surface area contributed by atoms with E-state index >= 15 is 0 Å². The minimum absolute atomic E-state index is 0.296. The third-order valence-corrected chi connectivity index (χ3v) is 2.84. The topological polar surface area (TPSA) is 142 Å². The van der Waals surface area contributed by atoms with Gasteiger partial charge in [0.2, 0.25) is 11.8 Å². The fourth-order valence-corrected chi connectivity index (χ4v) is 1.64. The molecule has 0 spiro atoms. The first-order chi connectivity index (χ1) is 12.1. The Kier molecular flexibility index (Phi) is 6.11. The third kappa shape index (κ3) is 5.71. The van der Waals surface area contributed by atoms with Gasteiger partial charge in [-0.3, -0.25) is 50.8 Å². The van der Waals surface area contributed by atoms with E-state index in [9.17, 15) is 19.2 Å². The van der Waals surface area contributed by atoms with Crippen LogP contribution in [-0.4, -0.2) is 33.6 Å². The maximum Gasteiger partial charge on any atom is 0.269 e. The van der Waals surface area contributed by atoms with Gasteiger partial charge in [0.25, 0.3) is 11.8 Å². The zero-order valence-corrected chi connectivity index (χ0v) is 12.9. The molecule has 0 saturated carbocycles. The number of carbonyl (C=O) groups excluding carboxylic acids is 4. The molecule has 0 aliphatic rings. The van der Waals surface area contributed by atoms with E-state index in [0.29, 0.717) is 11.1 Å². The molecular formula is C15H14N6O4. The lowest BCUT2D eigenvalue weighted by molar-refractivity contribution is -0.130. The van der Waals surface area contributed by atoms with Gasteiger partial charge < -0.3 is 0 Å². The van der Waals surface area contributed by atoms with E-state index in [0.717, 1.165) is 0 Å². The van der Waals surface area contributed by atoms with Gasteiger partial charge >= 0.3 is 0 Å². The van der Waals surface area contributed by atoms with Gasteiger partial charge in [-0.15, -0.1) is 0 Å². The minimum atomic E-state index is -0.752. The van der Waals surface area contributed by atoms with E-state index in [1.54, 1.807) is 0 Å². The first-order valence-electron chi connectivity index (χ1n) is 7.04. The monoisotopic (exact) mass is 342 g/mol. The van der Waals surface area contributed by atoms with Crippen molar-refractivity contribution < 1.29 is 19.2 Å². The Bertz CT molecular complexity index is 701. The van der Waals surface area contributed by atoms with Crippen molar-refractivity contribution in [3.8, 4) is 0 Å². The van der Waals surface area contributed by atoms with Crippen molar-refractivity contribution in [2.75, 3.05) is 0 Å². The molecule has 0 radical (unpaired) electrons. The van der Waals surface area contributed by atoms with Gasteiger partial charge in [-0.2, -0.15) is 0 Å². The van der Waals surface area contributed by atoms with Crippen LogP contribution in [0.4, 0.5) is 0 Å². The van der Waals surface area contributed by atoms with Gasteiger partial charge in [0.1, 0.15) is 6.42 Å². The molecule has 2 rings (SSSR count). The van der Waals surface area contributed by atoms with Crippen LogP contribution < -0.4 is 21.7 Å². The normalized spacial score (nSPS) is 9.60. The molecule has 0 bridgehead atoms. The van der Waals surface area contributed by atoms with Crippen LogP contribution in [0.25, 0.3) is 0 Å². The predicted molar refractivity (Wildman–Crippen MR) is 84.3 cm³/mol. The molecule has 4 N–H and O–H groups in total. The van der Waals surface area contributed by atoms with Crippen molar-refractivity contribution >= 4 is 23.6 Å². The van der Waals surface area contributed by atoms with Crippen LogP contribution >= 0.6 is 0 Å². The van der Waals surface area contributed by atoms with Crippen molar-refractivity contribution in [1.29, 1.82) is 0 Å². The molecular weight excluding hydrogens is 328 g/mol. The van der Waals surface area contributed by atoms with Gasteiger partial charge in [-0.25, -0.2) is 0 Å². The zero-order chi connectivity index (χ0) is 18.1. The molecule has 10 heteroatoms. The molecule has 2 heterocycles. The van der Waals surface area contributed by atoms with Crippen LogP contribution in [0.2, 0.25) is 0 Å². The summed E-state index contributed by atoms with van der Waals surface area (Å²) in [5, 5.41) is 0. The lowest BCUT2D eigenvalue weighted by atomic mass is 10.2. The summed E-state index contributed by atoms with van der Waals surface area (Å²) in [5.41, 5.74) is 9.08. The Morgan fingerprint density at radius 1 is 0.640 bits per heavy atom. The maximum absolute atomic E-state index is 11.7. The molecule has 2 aromatic heterocycles. The van der Waals surface area contributed by atoms with Crippen molar-refractivity contribution in [3.63, 3.8) is 0 Å². The summed E-state index contributed by atoms with van der Waals surface area (Å²) in [6.07, 6.45) is 5.11. The van der Waals surface area contributed by atoms with Crippen LogP contribution in [0.5, 0.6) is 0 Å². The molecule has 10 nitrogen and oxygen atoms in total. The van der Waals surface area contributed by atoms with Gasteiger partial charge in [0.05, 0.1) is 0 Å². The first-order valence-corrected chi connectivity index (χ1v) is 7.04. The number of hydrogen-bond acceptors (Lipinski definition) is 6. The molecule has 0 atom stereocenters. The summed E-state index contributed by atoms with van der Waals surface area (Å²) in [7, 11) is 0. The largest absolute Gasteiger partial charge is 0.273 e. The molecule has 0 unspecified atom stereocenters. The lowest BCUT2D eigenvalue weighted by Crippen LogP contribution is -2.46. The SMILES string of the molecule is O=C(CC(=O)NNC(=O)c1ccncc1)NNC(=O)c1ccncc1. The van der Waals surface area contributed by atoms with Crippen LogP contribution in [0.3, 0.4) is 0 Å². The zero-order valence-electron chi connectivity index (χ0n) is 12.9. The Labute approximate surface area is 142 Å². The number of nitrogens with one attached hydrogen (secondary N) is 4. The van der Waals surface area contributed by atoms with Crippen LogP contribution in [-0.2, 0) is 9.59 Å². The second-order valence-electron chi connectivity index (χ2n) is 4.65. The average Bonchev–Trinajstić information content (AvgIpc) is 2.65. The smallest absolute Gasteiger partial charge is 0.269 e. The van der Waals surface area contributed by atoms with Gasteiger partial charge in [0, 0.05) is 35.9 Å². The summed E-state index contributed by atoms with van der Waals surface area (Å²) in [6, 6.07) is 5.84. The number of rotatable bonds is 4. The third-order valence-electron chi connectivity index (χ3n) is 2.84. The van der Waals surface area contributed by atoms with E-state index in [1.165, 1.54) is 49.1 Å². The molecule has 25 heavy (non-hydrogen) atoms. The number of amides is 4. The number of hydrogen-bond donors (Lipinski definition) is 4. The van der Waals surface area contributed by atoms with Gasteiger partial charge in [-0.1, -0.05) is 0 Å². The Hall–Kier alpha value is -3.82. The van der Waals surface area contributed by atoms with E-state index in [2.05, 4.69) is 31.7 Å². The minimum Gasteiger partial charge on any atom is -0.273 e. The highest BCUT2D eigenvalue weighted by atomic mass is 16.2. The highest BCUT2D eigenvalue weighted by Gasteiger charge is 2.12. The summed E-state index contributed by atoms with van der Waals surface area (Å²) in [6.45, 7) is 0. The standard InChI is InChI=1S/C15H14N6O4/c22-12(18-20-14(24)10-1-5-16-6-2-10)9-13(23)19-21-15(25)11-3-7-17-8-4-11/h1-8H,9H2,(H,18,22)(H,19,23)(H,20,24)(H,21,25). The van der Waals surface area contributed by atoms with Crippen LogP contribution in [0.1, 0.15) is 27.1 Å². The fraction of sp³-hybridized carbons (Fsp3) is 0.0667. The molecule has 128 valence electrons. The fourth-order valence-electron chi connectivity index (χ4n) is 1.64. The average molecular weight is 342 g/mol. The van der Waals surface area contributed by atoms with E-state index in [-0.39, 0.29) is 0 Å². The molecule has 0 fully saturated rings. The molecule has 0 aliphatic carbocycles. The highest BCUT2D eigenvalue weighted by molar-refractivity contribution is 6.01. The second kappa shape index (κ2) is 8.72. The van der Waals surface area contributed by atoms with Gasteiger partial charge in [-0.05, 0) is 24.3 Å². The van der Waals surface area contributed by atoms with Crippen molar-refractivity contribution in [3.05, 3.63) is 60.2 Å². The number of aromatic nitrogens is 2. The Balaban J connectivity index is 1.70. The predicted octanol–water partition coefficient (Wildman–Crippen LogP) is -0.911. The second-order valence-corrected chi connectivity index (χ2v) is 4.65. The quantitative estimate of drug-likeness (QED) is 0.418. The van der Waals surface area contributed by atoms with Gasteiger partial charge in [0.15, 0.2) is 0 Å². The summed E-state index contributed by atoms with van der Waals surface area (Å²) >= 11 is 0. The lowest BCUT2D eigenvalue weighted by Gasteiger charge is -2.09. The number of nitrogens with zero attached hydrogens (tertiary/aromatic N) is 2. The Morgan fingerprint density at radius 2 is 1.00 bits per heavy atom. The molecule has 0 aromatic carbocycles. The molecule has 0 saturated heterocycles. The number of carbonyl (C=O) groups is 4. The first kappa shape index (κ1) is 17.5. The van der Waals surface area contributed by atoms with E-state index in [1.807, 2.05) is 0 Å². The summed E-state index contributed by atoms with van der Waals surface area (Å²) in [5.74, 6) is -2.61. The van der Waals surface area contributed by atoms with Crippen LogP contribution in [0.15, 0.2) is 49.1 Å². The van der Waals surface area contributed by atoms with E-state index < -0.39 is 30.0 Å². The van der Waals surface area contributed by atoms with E-state index in [4.69, 9.17) is 0 Å². The highest BCUT2D eigenvalue weighted by Crippen LogP contribution is 1.95. The Morgan fingerprint density at radius 3 is 1.36 bits per heavy atom. The number of pyridine rings is 2. The van der Waals surface area contributed by atoms with Crippen molar-refractivity contribution in [2.45, 2.75) is 6.42 Å². The molecule has 0 aliphatic heterocycles. The van der Waals surface area contributed by atoms with Crippen molar-refractivity contribution in [2.24, 2.45) is 0 Å². The molecule has 2 aromatic rings. The van der Waals surface area contributed by atoms with Crippen molar-refractivity contribution in [1.82, 2.24) is 31.7 Å². The maximum atomic E-state index is 11.7. The summed E-state index contributed by atoms with van der Waals surface area (Å²) < 4.78 is 0. The van der Waals surface area contributed by atoms with Crippen LogP contribution in [0, 0.1) is 0 Å².